The van der Waals surface area contributed by atoms with Gasteiger partial charge in [-0.1, -0.05) is 23.2 Å². The number of imidazole rings is 1. The van der Waals surface area contributed by atoms with Crippen molar-refractivity contribution in [2.75, 3.05) is 11.9 Å². The minimum atomic E-state index is -1.20. The Hall–Kier alpha value is -1.09. The predicted octanol–water partition coefficient (Wildman–Crippen LogP) is 1.92. The molecule has 4 atom stereocenters. The Morgan fingerprint density at radius 3 is 2.52 bits per heavy atom. The zero-order valence-electron chi connectivity index (χ0n) is 13.3. The van der Waals surface area contributed by atoms with Crippen molar-refractivity contribution in [3.8, 4) is 0 Å². The van der Waals surface area contributed by atoms with Gasteiger partial charge in [-0.25, -0.2) is 4.98 Å². The average molecular weight is 388 g/mol. The summed E-state index contributed by atoms with van der Waals surface area (Å²) in [4.78, 5) is 4.56. The molecule has 136 valence electrons. The Morgan fingerprint density at radius 2 is 1.92 bits per heavy atom. The van der Waals surface area contributed by atoms with Crippen molar-refractivity contribution < 1.29 is 20.1 Å². The van der Waals surface area contributed by atoms with Crippen LogP contribution in [0.3, 0.4) is 0 Å². The standard InChI is InChI=1S/C16H19Cl2N3O4/c17-8-4-10-11(5-9(8)18)21(16(20-10)19-7-2-1-3-7)15-14(24)13(23)12(6-22)25-15/h4-5,7,12-15,22-24H,1-3,6H2,(H,19,20)/t12-,13-,14-,15-/m1/s1. The normalized spacial score (nSPS) is 30.0. The van der Waals surface area contributed by atoms with Crippen molar-refractivity contribution in [1.29, 1.82) is 0 Å². The number of benzene rings is 1. The van der Waals surface area contributed by atoms with Crippen LogP contribution in [0.5, 0.6) is 0 Å². The molecule has 1 saturated carbocycles. The molecule has 4 rings (SSSR count). The lowest BCUT2D eigenvalue weighted by atomic mass is 9.93. The Kier molecular flexibility index (Phi) is 4.56. The molecule has 1 aromatic heterocycles. The van der Waals surface area contributed by atoms with Crippen molar-refractivity contribution in [3.63, 3.8) is 0 Å². The van der Waals surface area contributed by atoms with Crippen molar-refractivity contribution in [3.05, 3.63) is 22.2 Å². The Labute approximate surface area is 154 Å². The van der Waals surface area contributed by atoms with Crippen LogP contribution in [0.4, 0.5) is 5.95 Å². The van der Waals surface area contributed by atoms with E-state index < -0.39 is 24.5 Å². The van der Waals surface area contributed by atoms with E-state index in [2.05, 4.69) is 10.3 Å². The largest absolute Gasteiger partial charge is 0.394 e. The lowest BCUT2D eigenvalue weighted by Gasteiger charge is -2.28. The molecular weight excluding hydrogens is 369 g/mol. The number of fused-ring (bicyclic) bond motifs is 1. The van der Waals surface area contributed by atoms with Crippen molar-refractivity contribution >= 4 is 40.2 Å². The summed E-state index contributed by atoms with van der Waals surface area (Å²) < 4.78 is 7.37. The minimum Gasteiger partial charge on any atom is -0.394 e. The number of aliphatic hydroxyl groups is 3. The number of halogens is 2. The van der Waals surface area contributed by atoms with E-state index in [1.54, 1.807) is 16.7 Å². The van der Waals surface area contributed by atoms with Gasteiger partial charge in [-0.2, -0.15) is 0 Å². The van der Waals surface area contributed by atoms with E-state index >= 15 is 0 Å². The van der Waals surface area contributed by atoms with Crippen LogP contribution in [0, 0.1) is 0 Å². The Balaban J connectivity index is 1.81. The number of ether oxygens (including phenoxy) is 1. The summed E-state index contributed by atoms with van der Waals surface area (Å²) in [5.41, 5.74) is 1.24. The summed E-state index contributed by atoms with van der Waals surface area (Å²) in [6.45, 7) is -0.390. The van der Waals surface area contributed by atoms with Crippen molar-refractivity contribution in [2.24, 2.45) is 0 Å². The summed E-state index contributed by atoms with van der Waals surface area (Å²) >= 11 is 12.2. The molecule has 1 aliphatic carbocycles. The zero-order valence-corrected chi connectivity index (χ0v) is 14.8. The van der Waals surface area contributed by atoms with Crippen molar-refractivity contribution in [1.82, 2.24) is 9.55 Å². The van der Waals surface area contributed by atoms with Gasteiger partial charge in [0.15, 0.2) is 6.23 Å². The van der Waals surface area contributed by atoms with Gasteiger partial charge in [0.25, 0.3) is 0 Å². The fraction of sp³-hybridized carbons (Fsp3) is 0.562. The summed E-state index contributed by atoms with van der Waals surface area (Å²) in [6.07, 6.45) is -0.906. The van der Waals surface area contributed by atoms with Crippen LogP contribution in [0.25, 0.3) is 11.0 Å². The second-order valence-electron chi connectivity index (χ2n) is 6.56. The molecule has 0 bridgehead atoms. The van der Waals surface area contributed by atoms with Gasteiger partial charge < -0.3 is 25.4 Å². The lowest BCUT2D eigenvalue weighted by Crippen LogP contribution is -2.34. The van der Waals surface area contributed by atoms with Crippen LogP contribution < -0.4 is 5.32 Å². The number of hydrogen-bond donors (Lipinski definition) is 4. The molecule has 0 amide bonds. The number of aliphatic hydroxyl groups excluding tert-OH is 3. The number of nitrogens with zero attached hydrogens (tertiary/aromatic N) is 2. The van der Waals surface area contributed by atoms with E-state index in [-0.39, 0.29) is 6.61 Å². The maximum absolute atomic E-state index is 10.4. The van der Waals surface area contributed by atoms with Gasteiger partial charge in [-0.3, -0.25) is 4.57 Å². The number of nitrogens with one attached hydrogen (secondary N) is 1. The van der Waals surface area contributed by atoms with Gasteiger partial charge in [-0.05, 0) is 31.4 Å². The van der Waals surface area contributed by atoms with Gasteiger partial charge in [-0.15, -0.1) is 0 Å². The number of hydrogen-bond acceptors (Lipinski definition) is 6. The average Bonchev–Trinajstić information content (AvgIpc) is 3.02. The molecule has 0 spiro atoms. The zero-order chi connectivity index (χ0) is 17.7. The molecule has 1 aromatic carbocycles. The van der Waals surface area contributed by atoms with Crippen LogP contribution in [0.15, 0.2) is 12.1 Å². The van der Waals surface area contributed by atoms with Gasteiger partial charge in [0.2, 0.25) is 5.95 Å². The first-order chi connectivity index (χ1) is 12.0. The second-order valence-corrected chi connectivity index (χ2v) is 7.38. The molecular formula is C16H19Cl2N3O4. The fourth-order valence-electron chi connectivity index (χ4n) is 3.28. The van der Waals surface area contributed by atoms with E-state index in [0.717, 1.165) is 19.3 Å². The highest BCUT2D eigenvalue weighted by Crippen LogP contribution is 2.38. The number of aromatic nitrogens is 2. The summed E-state index contributed by atoms with van der Waals surface area (Å²) in [6, 6.07) is 3.62. The summed E-state index contributed by atoms with van der Waals surface area (Å²) in [5.74, 6) is 0.521. The highest BCUT2D eigenvalue weighted by Gasteiger charge is 2.44. The summed E-state index contributed by atoms with van der Waals surface area (Å²) in [5, 5.41) is 34.0. The quantitative estimate of drug-likeness (QED) is 0.639. The Morgan fingerprint density at radius 1 is 1.20 bits per heavy atom. The molecule has 7 nitrogen and oxygen atoms in total. The van der Waals surface area contributed by atoms with Crippen LogP contribution >= 0.6 is 23.2 Å². The maximum atomic E-state index is 10.4. The third-order valence-electron chi connectivity index (χ3n) is 4.94. The third-order valence-corrected chi connectivity index (χ3v) is 5.66. The van der Waals surface area contributed by atoms with Gasteiger partial charge >= 0.3 is 0 Å². The molecule has 0 radical (unpaired) electrons. The second kappa shape index (κ2) is 6.57. The molecule has 25 heavy (non-hydrogen) atoms. The molecule has 9 heteroatoms. The minimum absolute atomic E-state index is 0.304. The van der Waals surface area contributed by atoms with Gasteiger partial charge in [0, 0.05) is 6.04 Å². The van der Waals surface area contributed by atoms with E-state index in [0.29, 0.717) is 33.1 Å². The highest BCUT2D eigenvalue weighted by molar-refractivity contribution is 6.42. The van der Waals surface area contributed by atoms with E-state index in [9.17, 15) is 15.3 Å². The van der Waals surface area contributed by atoms with E-state index in [1.807, 2.05) is 0 Å². The molecule has 1 aliphatic heterocycles. The molecule has 1 saturated heterocycles. The molecule has 2 heterocycles. The number of anilines is 1. The van der Waals surface area contributed by atoms with Crippen LogP contribution in [-0.2, 0) is 4.74 Å². The van der Waals surface area contributed by atoms with Crippen LogP contribution in [-0.4, -0.2) is 55.8 Å². The highest BCUT2D eigenvalue weighted by atomic mass is 35.5. The molecule has 0 unspecified atom stereocenters. The van der Waals surface area contributed by atoms with Gasteiger partial charge in [0.1, 0.15) is 18.3 Å². The monoisotopic (exact) mass is 387 g/mol. The molecule has 2 aliphatic rings. The van der Waals surface area contributed by atoms with E-state index in [4.69, 9.17) is 27.9 Å². The van der Waals surface area contributed by atoms with Crippen LogP contribution in [0.1, 0.15) is 25.5 Å². The van der Waals surface area contributed by atoms with Crippen LogP contribution in [0.2, 0.25) is 10.0 Å². The van der Waals surface area contributed by atoms with E-state index in [1.165, 1.54) is 0 Å². The first kappa shape index (κ1) is 17.3. The molecule has 2 fully saturated rings. The number of rotatable bonds is 4. The summed E-state index contributed by atoms with van der Waals surface area (Å²) in [7, 11) is 0. The Bertz CT molecular complexity index is 795. The lowest BCUT2D eigenvalue weighted by molar-refractivity contribution is -0.0500. The first-order valence-corrected chi connectivity index (χ1v) is 9.01. The topological polar surface area (TPSA) is 99.8 Å². The fourth-order valence-corrected chi connectivity index (χ4v) is 3.59. The SMILES string of the molecule is OC[C@H]1O[C@@H](n2c(NC3CCC3)nc3cc(Cl)c(Cl)cc32)[C@H](O)[C@@H]1O. The predicted molar refractivity (Wildman–Crippen MR) is 94.0 cm³/mol. The molecule has 2 aromatic rings. The van der Waals surface area contributed by atoms with Gasteiger partial charge in [0.05, 0.1) is 27.7 Å². The van der Waals surface area contributed by atoms with Crippen molar-refractivity contribution in [2.45, 2.75) is 49.8 Å². The maximum Gasteiger partial charge on any atom is 0.206 e. The smallest absolute Gasteiger partial charge is 0.206 e. The molecule has 4 N–H and O–H groups in total. The first-order valence-electron chi connectivity index (χ1n) is 8.25. The third kappa shape index (κ3) is 2.89.